The first-order valence-electron chi connectivity index (χ1n) is 7.64. The number of hydrogen-bond acceptors (Lipinski definition) is 2. The van der Waals surface area contributed by atoms with E-state index in [1.54, 1.807) is 42.5 Å². The van der Waals surface area contributed by atoms with Gasteiger partial charge in [0.2, 0.25) is 0 Å². The molecule has 1 amide bonds. The average Bonchev–Trinajstić information content (AvgIpc) is 2.60. The molecular formula is C20H15Cl2NO2. The lowest BCUT2D eigenvalue weighted by molar-refractivity contribution is 0.102. The number of amides is 1. The number of carbonyl (C=O) groups is 1. The quantitative estimate of drug-likeness (QED) is 0.612. The van der Waals surface area contributed by atoms with Gasteiger partial charge in [-0.3, -0.25) is 4.79 Å². The fraction of sp³-hybridized carbons (Fsp3) is 0.0500. The second-order valence-electron chi connectivity index (χ2n) is 5.41. The van der Waals surface area contributed by atoms with Crippen LogP contribution in [0.1, 0.15) is 15.9 Å². The lowest BCUT2D eigenvalue weighted by Crippen LogP contribution is -2.11. The van der Waals surface area contributed by atoms with Gasteiger partial charge in [-0.2, -0.15) is 0 Å². The number of ether oxygens (including phenoxy) is 1. The lowest BCUT2D eigenvalue weighted by Gasteiger charge is -2.09. The van der Waals surface area contributed by atoms with Crippen molar-refractivity contribution in [2.24, 2.45) is 0 Å². The number of halogens is 2. The fourth-order valence-electron chi connectivity index (χ4n) is 2.27. The van der Waals surface area contributed by atoms with E-state index in [0.29, 0.717) is 33.7 Å². The van der Waals surface area contributed by atoms with Crippen molar-refractivity contribution >= 4 is 34.8 Å². The van der Waals surface area contributed by atoms with Crippen molar-refractivity contribution in [3.8, 4) is 5.75 Å². The Kier molecular flexibility index (Phi) is 5.59. The van der Waals surface area contributed by atoms with Gasteiger partial charge in [0.15, 0.2) is 0 Å². The molecule has 3 rings (SSSR count). The van der Waals surface area contributed by atoms with Crippen LogP contribution in [0.15, 0.2) is 72.8 Å². The monoisotopic (exact) mass is 371 g/mol. The summed E-state index contributed by atoms with van der Waals surface area (Å²) in [6.45, 7) is 0.480. The van der Waals surface area contributed by atoms with Gasteiger partial charge in [-0.15, -0.1) is 0 Å². The van der Waals surface area contributed by atoms with Crippen molar-refractivity contribution in [2.45, 2.75) is 6.61 Å². The molecule has 5 heteroatoms. The molecule has 25 heavy (non-hydrogen) atoms. The highest BCUT2D eigenvalue weighted by Gasteiger charge is 2.08. The molecule has 3 nitrogen and oxygen atoms in total. The van der Waals surface area contributed by atoms with Gasteiger partial charge in [-0.1, -0.05) is 53.5 Å². The van der Waals surface area contributed by atoms with Crippen LogP contribution >= 0.6 is 23.2 Å². The molecule has 0 aromatic heterocycles. The van der Waals surface area contributed by atoms with E-state index < -0.39 is 0 Å². The maximum absolute atomic E-state index is 12.3. The van der Waals surface area contributed by atoms with Gasteiger partial charge in [0.1, 0.15) is 12.4 Å². The first-order chi connectivity index (χ1) is 12.1. The van der Waals surface area contributed by atoms with Crippen LogP contribution < -0.4 is 10.1 Å². The Morgan fingerprint density at radius 2 is 1.52 bits per heavy atom. The first kappa shape index (κ1) is 17.3. The van der Waals surface area contributed by atoms with Crippen LogP contribution in [-0.2, 0) is 6.61 Å². The zero-order chi connectivity index (χ0) is 17.6. The van der Waals surface area contributed by atoms with E-state index in [9.17, 15) is 4.79 Å². The molecule has 0 aliphatic rings. The molecule has 1 N–H and O–H groups in total. The number of anilines is 1. The predicted octanol–water partition coefficient (Wildman–Crippen LogP) is 5.82. The fourth-order valence-corrected chi connectivity index (χ4v) is 2.80. The maximum atomic E-state index is 12.3. The largest absolute Gasteiger partial charge is 0.489 e. The third kappa shape index (κ3) is 4.99. The third-order valence-corrected chi connectivity index (χ3v) is 3.92. The number of nitrogens with one attached hydrogen (secondary N) is 1. The van der Waals surface area contributed by atoms with E-state index >= 15 is 0 Å². The summed E-state index contributed by atoms with van der Waals surface area (Å²) >= 11 is 11.9. The van der Waals surface area contributed by atoms with Crippen LogP contribution in [0.25, 0.3) is 0 Å². The topological polar surface area (TPSA) is 38.3 Å². The standard InChI is InChI=1S/C20H15Cl2NO2/c21-16-10-17(22)12-18(11-16)23-20(24)15-6-8-19(9-7-15)25-13-14-4-2-1-3-5-14/h1-12H,13H2,(H,23,24). The van der Waals surface area contributed by atoms with Crippen LogP contribution in [-0.4, -0.2) is 5.91 Å². The molecule has 0 saturated heterocycles. The summed E-state index contributed by atoms with van der Waals surface area (Å²) in [7, 11) is 0. The van der Waals surface area contributed by atoms with Gasteiger partial charge in [0, 0.05) is 21.3 Å². The van der Waals surface area contributed by atoms with Crippen molar-refractivity contribution in [3.63, 3.8) is 0 Å². The van der Waals surface area contributed by atoms with Crippen molar-refractivity contribution in [1.29, 1.82) is 0 Å². The lowest BCUT2D eigenvalue weighted by atomic mass is 10.2. The zero-order valence-electron chi connectivity index (χ0n) is 13.2. The Morgan fingerprint density at radius 1 is 0.880 bits per heavy atom. The summed E-state index contributed by atoms with van der Waals surface area (Å²) in [6, 6.07) is 21.7. The van der Waals surface area contributed by atoms with Gasteiger partial charge in [-0.05, 0) is 48.0 Å². The number of benzene rings is 3. The van der Waals surface area contributed by atoms with Crippen molar-refractivity contribution in [2.75, 3.05) is 5.32 Å². The van der Waals surface area contributed by atoms with Crippen molar-refractivity contribution in [1.82, 2.24) is 0 Å². The van der Waals surface area contributed by atoms with E-state index in [1.165, 1.54) is 0 Å². The Hall–Kier alpha value is -2.49. The van der Waals surface area contributed by atoms with Crippen molar-refractivity contribution < 1.29 is 9.53 Å². The van der Waals surface area contributed by atoms with E-state index in [4.69, 9.17) is 27.9 Å². The highest BCUT2D eigenvalue weighted by molar-refractivity contribution is 6.35. The molecule has 0 heterocycles. The SMILES string of the molecule is O=C(Nc1cc(Cl)cc(Cl)c1)c1ccc(OCc2ccccc2)cc1. The molecule has 0 radical (unpaired) electrons. The van der Waals surface area contributed by atoms with Gasteiger partial charge in [-0.25, -0.2) is 0 Å². The van der Waals surface area contributed by atoms with Gasteiger partial charge >= 0.3 is 0 Å². The second kappa shape index (κ2) is 8.06. The minimum Gasteiger partial charge on any atom is -0.489 e. The molecule has 0 bridgehead atoms. The summed E-state index contributed by atoms with van der Waals surface area (Å²) in [4.78, 5) is 12.3. The van der Waals surface area contributed by atoms with Gasteiger partial charge < -0.3 is 10.1 Å². The van der Waals surface area contributed by atoms with Crippen LogP contribution in [0.4, 0.5) is 5.69 Å². The number of hydrogen-bond donors (Lipinski definition) is 1. The zero-order valence-corrected chi connectivity index (χ0v) is 14.7. The highest BCUT2D eigenvalue weighted by atomic mass is 35.5. The number of rotatable bonds is 5. The molecule has 0 spiro atoms. The van der Waals surface area contributed by atoms with Crippen LogP contribution in [0.5, 0.6) is 5.75 Å². The molecule has 0 saturated carbocycles. The Balaban J connectivity index is 1.62. The van der Waals surface area contributed by atoms with Crippen LogP contribution in [0.2, 0.25) is 10.0 Å². The maximum Gasteiger partial charge on any atom is 0.255 e. The predicted molar refractivity (Wildman–Crippen MR) is 102 cm³/mol. The molecule has 0 atom stereocenters. The third-order valence-electron chi connectivity index (χ3n) is 3.49. The second-order valence-corrected chi connectivity index (χ2v) is 6.28. The number of carbonyl (C=O) groups excluding carboxylic acids is 1. The summed E-state index contributed by atoms with van der Waals surface area (Å²) in [6.07, 6.45) is 0. The Bertz CT molecular complexity index is 844. The molecule has 126 valence electrons. The van der Waals surface area contributed by atoms with Crippen LogP contribution in [0, 0.1) is 0 Å². The highest BCUT2D eigenvalue weighted by Crippen LogP contribution is 2.23. The summed E-state index contributed by atoms with van der Waals surface area (Å²) in [5.41, 5.74) is 2.15. The van der Waals surface area contributed by atoms with Gasteiger partial charge in [0.25, 0.3) is 5.91 Å². The van der Waals surface area contributed by atoms with Gasteiger partial charge in [0.05, 0.1) is 0 Å². The van der Waals surface area contributed by atoms with Crippen molar-refractivity contribution in [3.05, 3.63) is 94.0 Å². The molecular weight excluding hydrogens is 357 g/mol. The van der Waals surface area contributed by atoms with E-state index in [1.807, 2.05) is 30.3 Å². The van der Waals surface area contributed by atoms with Crippen LogP contribution in [0.3, 0.4) is 0 Å². The normalized spacial score (nSPS) is 10.3. The minimum absolute atomic E-state index is 0.243. The molecule has 0 fully saturated rings. The Morgan fingerprint density at radius 3 is 2.16 bits per heavy atom. The molecule has 0 unspecified atom stereocenters. The molecule has 0 aliphatic heterocycles. The minimum atomic E-state index is -0.243. The molecule has 0 aliphatic carbocycles. The first-order valence-corrected chi connectivity index (χ1v) is 8.40. The summed E-state index contributed by atoms with van der Waals surface area (Å²) in [5, 5.41) is 3.70. The van der Waals surface area contributed by atoms with E-state index in [-0.39, 0.29) is 5.91 Å². The molecule has 3 aromatic carbocycles. The van der Waals surface area contributed by atoms with E-state index in [0.717, 1.165) is 5.56 Å². The van der Waals surface area contributed by atoms with E-state index in [2.05, 4.69) is 5.32 Å². The Labute approximate surface area is 156 Å². The average molecular weight is 372 g/mol. The summed E-state index contributed by atoms with van der Waals surface area (Å²) < 4.78 is 5.71. The molecule has 3 aromatic rings. The summed E-state index contributed by atoms with van der Waals surface area (Å²) in [5.74, 6) is 0.458. The smallest absolute Gasteiger partial charge is 0.255 e.